The summed E-state index contributed by atoms with van der Waals surface area (Å²) < 4.78 is 0. The van der Waals surface area contributed by atoms with E-state index in [0.717, 1.165) is 6.29 Å². The summed E-state index contributed by atoms with van der Waals surface area (Å²) in [5.74, 6) is -0.987. The van der Waals surface area contributed by atoms with E-state index in [4.69, 9.17) is 5.11 Å². The van der Waals surface area contributed by atoms with E-state index in [0.29, 0.717) is 16.7 Å². The zero-order chi connectivity index (χ0) is 11.5. The first kappa shape index (κ1) is 10.6. The number of aldehydes is 1. The first-order valence-electron chi connectivity index (χ1n) is 4.58. The van der Waals surface area contributed by atoms with Crippen molar-refractivity contribution < 1.29 is 14.7 Å². The highest BCUT2D eigenvalue weighted by atomic mass is 32.1. The van der Waals surface area contributed by atoms with Crippen molar-refractivity contribution in [2.45, 2.75) is 0 Å². The van der Waals surface area contributed by atoms with Gasteiger partial charge in [-0.3, -0.25) is 4.79 Å². The second-order valence-electron chi connectivity index (χ2n) is 3.21. The topological polar surface area (TPSA) is 54.4 Å². The zero-order valence-electron chi connectivity index (χ0n) is 8.21. The first-order chi connectivity index (χ1) is 7.74. The van der Waals surface area contributed by atoms with Gasteiger partial charge in [-0.15, -0.1) is 0 Å². The van der Waals surface area contributed by atoms with Crippen LogP contribution in [0.5, 0.6) is 0 Å². The Morgan fingerprint density at radius 2 is 1.94 bits per heavy atom. The molecular weight excluding hydrogens is 224 g/mol. The highest BCUT2D eigenvalue weighted by Gasteiger charge is 2.13. The SMILES string of the molecule is O=Cc1cscc1-c1ccccc1C(=O)O. The standard InChI is InChI=1S/C12H8O3S/c13-5-8-6-16-7-11(8)9-3-1-2-4-10(9)12(14)15/h1-7H,(H,14,15). The van der Waals surface area contributed by atoms with Crippen molar-refractivity contribution in [2.24, 2.45) is 0 Å². The maximum absolute atomic E-state index is 11.0. The molecule has 2 aromatic rings. The Morgan fingerprint density at radius 3 is 2.62 bits per heavy atom. The molecule has 16 heavy (non-hydrogen) atoms. The van der Waals surface area contributed by atoms with Crippen molar-refractivity contribution in [3.63, 3.8) is 0 Å². The maximum atomic E-state index is 11.0. The van der Waals surface area contributed by atoms with Gasteiger partial charge < -0.3 is 5.11 Å². The van der Waals surface area contributed by atoms with Gasteiger partial charge in [0.15, 0.2) is 6.29 Å². The Balaban J connectivity index is 2.64. The van der Waals surface area contributed by atoms with Gasteiger partial charge in [0.2, 0.25) is 0 Å². The number of hydrogen-bond acceptors (Lipinski definition) is 3. The molecule has 0 fully saturated rings. The molecule has 0 amide bonds. The molecule has 0 saturated carbocycles. The molecular formula is C12H8O3S. The van der Waals surface area contributed by atoms with Gasteiger partial charge in [-0.1, -0.05) is 18.2 Å². The smallest absolute Gasteiger partial charge is 0.336 e. The van der Waals surface area contributed by atoms with Gasteiger partial charge in [0.1, 0.15) is 0 Å². The minimum atomic E-state index is -0.987. The third-order valence-electron chi connectivity index (χ3n) is 2.27. The molecule has 0 spiro atoms. The van der Waals surface area contributed by atoms with Gasteiger partial charge in [-0.2, -0.15) is 11.3 Å². The Morgan fingerprint density at radius 1 is 1.19 bits per heavy atom. The van der Waals surface area contributed by atoms with Crippen LogP contribution in [0, 0.1) is 0 Å². The van der Waals surface area contributed by atoms with Gasteiger partial charge in [-0.25, -0.2) is 4.79 Å². The number of carboxylic acid groups (broad SMARTS) is 1. The van der Waals surface area contributed by atoms with Crippen molar-refractivity contribution in [3.05, 3.63) is 46.2 Å². The molecule has 0 aliphatic carbocycles. The monoisotopic (exact) mass is 232 g/mol. The first-order valence-corrected chi connectivity index (χ1v) is 5.52. The van der Waals surface area contributed by atoms with Crippen LogP contribution in [-0.2, 0) is 0 Å². The van der Waals surface area contributed by atoms with E-state index in [-0.39, 0.29) is 5.56 Å². The number of benzene rings is 1. The second kappa shape index (κ2) is 4.28. The molecule has 0 radical (unpaired) electrons. The van der Waals surface area contributed by atoms with Crippen molar-refractivity contribution in [1.29, 1.82) is 0 Å². The molecule has 0 unspecified atom stereocenters. The highest BCUT2D eigenvalue weighted by molar-refractivity contribution is 7.08. The fourth-order valence-corrected chi connectivity index (χ4v) is 2.32. The van der Waals surface area contributed by atoms with Crippen LogP contribution in [-0.4, -0.2) is 17.4 Å². The lowest BCUT2D eigenvalue weighted by Gasteiger charge is -2.04. The van der Waals surface area contributed by atoms with Crippen molar-refractivity contribution in [1.82, 2.24) is 0 Å². The molecule has 0 bridgehead atoms. The van der Waals surface area contributed by atoms with Crippen molar-refractivity contribution >= 4 is 23.6 Å². The molecule has 80 valence electrons. The van der Waals surface area contributed by atoms with Crippen LogP contribution in [0.15, 0.2) is 35.0 Å². The molecule has 1 N–H and O–H groups in total. The van der Waals surface area contributed by atoms with Crippen LogP contribution >= 0.6 is 11.3 Å². The van der Waals surface area contributed by atoms with Crippen molar-refractivity contribution in [3.8, 4) is 11.1 Å². The molecule has 0 aliphatic heterocycles. The van der Waals surface area contributed by atoms with Gasteiger partial charge >= 0.3 is 5.97 Å². The number of carboxylic acids is 1. The Labute approximate surface area is 96.0 Å². The summed E-state index contributed by atoms with van der Waals surface area (Å²) in [4.78, 5) is 21.8. The third kappa shape index (κ3) is 1.75. The van der Waals surface area contributed by atoms with E-state index < -0.39 is 5.97 Å². The third-order valence-corrected chi connectivity index (χ3v) is 3.03. The summed E-state index contributed by atoms with van der Waals surface area (Å²) in [5, 5.41) is 12.5. The number of aromatic carboxylic acids is 1. The number of rotatable bonds is 3. The summed E-state index contributed by atoms with van der Waals surface area (Å²) >= 11 is 1.38. The molecule has 1 aromatic heterocycles. The normalized spacial score (nSPS) is 10.0. The van der Waals surface area contributed by atoms with Crippen LogP contribution < -0.4 is 0 Å². The lowest BCUT2D eigenvalue weighted by Crippen LogP contribution is -1.99. The van der Waals surface area contributed by atoms with E-state index in [1.807, 2.05) is 0 Å². The molecule has 1 heterocycles. The molecule has 2 rings (SSSR count). The summed E-state index contributed by atoms with van der Waals surface area (Å²) in [7, 11) is 0. The molecule has 1 aromatic carbocycles. The van der Waals surface area contributed by atoms with E-state index in [9.17, 15) is 9.59 Å². The molecule has 0 aliphatic rings. The summed E-state index contributed by atoms with van der Waals surface area (Å²) in [6.07, 6.45) is 0.741. The molecule has 4 heteroatoms. The lowest BCUT2D eigenvalue weighted by molar-refractivity contribution is 0.0697. The van der Waals surface area contributed by atoms with Gasteiger partial charge in [0.05, 0.1) is 5.56 Å². The summed E-state index contributed by atoms with van der Waals surface area (Å²) in [5.41, 5.74) is 2.00. The lowest BCUT2D eigenvalue weighted by atomic mass is 9.99. The minimum absolute atomic E-state index is 0.212. The Kier molecular flexibility index (Phi) is 2.83. The van der Waals surface area contributed by atoms with Crippen LogP contribution in [0.3, 0.4) is 0 Å². The van der Waals surface area contributed by atoms with Crippen LogP contribution in [0.4, 0.5) is 0 Å². The number of carbonyl (C=O) groups excluding carboxylic acids is 1. The van der Waals surface area contributed by atoms with Crippen molar-refractivity contribution in [2.75, 3.05) is 0 Å². The van der Waals surface area contributed by atoms with E-state index in [2.05, 4.69) is 0 Å². The fourth-order valence-electron chi connectivity index (χ4n) is 1.52. The number of thiophene rings is 1. The molecule has 0 saturated heterocycles. The molecule has 0 atom stereocenters. The van der Waals surface area contributed by atoms with Crippen LogP contribution in [0.1, 0.15) is 20.7 Å². The summed E-state index contributed by atoms with van der Waals surface area (Å²) in [6, 6.07) is 6.66. The Bertz CT molecular complexity index is 543. The average Bonchev–Trinajstić information content (AvgIpc) is 2.76. The minimum Gasteiger partial charge on any atom is -0.478 e. The average molecular weight is 232 g/mol. The summed E-state index contributed by atoms with van der Waals surface area (Å²) in [6.45, 7) is 0. The predicted octanol–water partition coefficient (Wildman–Crippen LogP) is 2.93. The largest absolute Gasteiger partial charge is 0.478 e. The Hall–Kier alpha value is -1.94. The predicted molar refractivity (Wildman–Crippen MR) is 62.1 cm³/mol. The number of hydrogen-bond donors (Lipinski definition) is 1. The number of carbonyl (C=O) groups is 2. The quantitative estimate of drug-likeness (QED) is 0.828. The maximum Gasteiger partial charge on any atom is 0.336 e. The van der Waals surface area contributed by atoms with Crippen LogP contribution in [0.25, 0.3) is 11.1 Å². The highest BCUT2D eigenvalue weighted by Crippen LogP contribution is 2.29. The van der Waals surface area contributed by atoms with Gasteiger partial charge in [0.25, 0.3) is 0 Å². The van der Waals surface area contributed by atoms with E-state index in [1.54, 1.807) is 29.0 Å². The van der Waals surface area contributed by atoms with E-state index >= 15 is 0 Å². The second-order valence-corrected chi connectivity index (χ2v) is 3.95. The van der Waals surface area contributed by atoms with Crippen LogP contribution in [0.2, 0.25) is 0 Å². The fraction of sp³-hybridized carbons (Fsp3) is 0. The molecule has 3 nitrogen and oxygen atoms in total. The van der Waals surface area contributed by atoms with Gasteiger partial charge in [-0.05, 0) is 17.0 Å². The van der Waals surface area contributed by atoms with E-state index in [1.165, 1.54) is 17.4 Å². The van der Waals surface area contributed by atoms with Gasteiger partial charge in [0, 0.05) is 16.5 Å². The zero-order valence-corrected chi connectivity index (χ0v) is 9.03.